The lowest BCUT2D eigenvalue weighted by Gasteiger charge is -2.16. The zero-order chi connectivity index (χ0) is 42.6. The summed E-state index contributed by atoms with van der Waals surface area (Å²) in [7, 11) is 0. The van der Waals surface area contributed by atoms with Crippen LogP contribution < -0.4 is 0 Å². The van der Waals surface area contributed by atoms with Crippen LogP contribution >= 0.6 is 0 Å². The molecule has 0 aliphatic rings. The third-order valence-corrected chi connectivity index (χ3v) is 12.2. The van der Waals surface area contributed by atoms with E-state index in [1.807, 2.05) is 78.9 Å². The molecule has 0 saturated heterocycles. The van der Waals surface area contributed by atoms with E-state index < -0.39 is 0 Å². The van der Waals surface area contributed by atoms with Gasteiger partial charge in [0.2, 0.25) is 0 Å². The van der Waals surface area contributed by atoms with E-state index in [-0.39, 0.29) is 0 Å². The Bertz CT molecular complexity index is 3730. The van der Waals surface area contributed by atoms with Crippen molar-refractivity contribution in [3.05, 3.63) is 224 Å². The van der Waals surface area contributed by atoms with E-state index in [1.165, 1.54) is 0 Å². The van der Waals surface area contributed by atoms with Crippen LogP contribution in [0.15, 0.2) is 218 Å². The molecule has 0 aliphatic heterocycles. The summed E-state index contributed by atoms with van der Waals surface area (Å²) in [6.45, 7) is 0. The summed E-state index contributed by atoms with van der Waals surface area (Å²) in [5.41, 5.74) is 14.0. The van der Waals surface area contributed by atoms with Crippen LogP contribution in [0.5, 0.6) is 0 Å². The maximum atomic E-state index is 9.85. The zero-order valence-corrected chi connectivity index (χ0v) is 34.5. The molecule has 64 heavy (non-hydrogen) atoms. The highest BCUT2D eigenvalue weighted by atomic mass is 15.1. The number of aromatic nitrogens is 5. The first-order chi connectivity index (χ1) is 31.7. The molecule has 9 aromatic carbocycles. The molecule has 0 aliphatic carbocycles. The van der Waals surface area contributed by atoms with Crippen molar-refractivity contribution in [2.24, 2.45) is 0 Å². The van der Waals surface area contributed by atoms with E-state index in [4.69, 9.17) is 15.0 Å². The molecule has 0 amide bonds. The molecule has 12 rings (SSSR count). The number of hydrogen-bond donors (Lipinski definition) is 0. The minimum absolute atomic E-state index is 0.586. The summed E-state index contributed by atoms with van der Waals surface area (Å²) in [5, 5.41) is 14.4. The minimum Gasteiger partial charge on any atom is -0.309 e. The van der Waals surface area contributed by atoms with E-state index in [9.17, 15) is 5.26 Å². The SMILES string of the molecule is N#Cc1cccc(-n2c3ccccc3c3c(-c4cccc5c4c4ccccc4n5-c4cc(-c5ccccc5)ccc4-c4nc(-c5ccccc5)nc(-c5ccccc5)n4)cccc32)c1. The van der Waals surface area contributed by atoms with Crippen LogP contribution in [0.1, 0.15) is 5.56 Å². The summed E-state index contributed by atoms with van der Waals surface area (Å²) in [6, 6.07) is 78.1. The fourth-order valence-corrected chi connectivity index (χ4v) is 9.38. The summed E-state index contributed by atoms with van der Waals surface area (Å²) in [4.78, 5) is 15.5. The van der Waals surface area contributed by atoms with Crippen LogP contribution in [0.25, 0.3) is 111 Å². The first-order valence-electron chi connectivity index (χ1n) is 21.3. The van der Waals surface area contributed by atoms with Gasteiger partial charge in [-0.15, -0.1) is 0 Å². The molecule has 6 nitrogen and oxygen atoms in total. The highest BCUT2D eigenvalue weighted by Crippen LogP contribution is 2.45. The Labute approximate surface area is 369 Å². The van der Waals surface area contributed by atoms with Crippen molar-refractivity contribution >= 4 is 43.6 Å². The lowest BCUT2D eigenvalue weighted by Crippen LogP contribution is -2.04. The number of hydrogen-bond acceptors (Lipinski definition) is 4. The number of rotatable bonds is 7. The van der Waals surface area contributed by atoms with Crippen LogP contribution in [0.2, 0.25) is 0 Å². The van der Waals surface area contributed by atoms with Gasteiger partial charge in [0.25, 0.3) is 0 Å². The first kappa shape index (κ1) is 36.9. The van der Waals surface area contributed by atoms with Crippen molar-refractivity contribution in [3.63, 3.8) is 0 Å². The monoisotopic (exact) mass is 816 g/mol. The molecule has 3 aromatic heterocycles. The Kier molecular flexibility index (Phi) is 8.77. The molecular formula is C58H36N6. The quantitative estimate of drug-likeness (QED) is 0.161. The number of nitrogens with zero attached hydrogens (tertiary/aromatic N) is 6. The molecule has 6 heteroatoms. The van der Waals surface area contributed by atoms with E-state index in [1.54, 1.807) is 0 Å². The van der Waals surface area contributed by atoms with Gasteiger partial charge >= 0.3 is 0 Å². The fourth-order valence-electron chi connectivity index (χ4n) is 9.38. The first-order valence-corrected chi connectivity index (χ1v) is 21.3. The van der Waals surface area contributed by atoms with E-state index in [0.29, 0.717) is 23.0 Å². The van der Waals surface area contributed by atoms with E-state index in [2.05, 4.69) is 155 Å². The molecule has 0 spiro atoms. The average Bonchev–Trinajstić information content (AvgIpc) is 3.90. The smallest absolute Gasteiger partial charge is 0.166 e. The zero-order valence-electron chi connectivity index (χ0n) is 34.5. The number of fused-ring (bicyclic) bond motifs is 6. The van der Waals surface area contributed by atoms with Crippen LogP contribution in [0, 0.1) is 11.3 Å². The van der Waals surface area contributed by atoms with Gasteiger partial charge < -0.3 is 9.13 Å². The Morgan fingerprint density at radius 2 is 0.828 bits per heavy atom. The lowest BCUT2D eigenvalue weighted by atomic mass is 9.95. The normalized spacial score (nSPS) is 11.4. The van der Waals surface area contributed by atoms with Gasteiger partial charge in [0.1, 0.15) is 0 Å². The maximum Gasteiger partial charge on any atom is 0.166 e. The second-order valence-corrected chi connectivity index (χ2v) is 15.9. The Morgan fingerprint density at radius 3 is 1.42 bits per heavy atom. The van der Waals surface area contributed by atoms with Gasteiger partial charge in [-0.3, -0.25) is 0 Å². The largest absolute Gasteiger partial charge is 0.309 e. The summed E-state index contributed by atoms with van der Waals surface area (Å²) >= 11 is 0. The lowest BCUT2D eigenvalue weighted by molar-refractivity contribution is 1.06. The van der Waals surface area contributed by atoms with Crippen LogP contribution in [0.3, 0.4) is 0 Å². The minimum atomic E-state index is 0.586. The topological polar surface area (TPSA) is 72.3 Å². The number of nitriles is 1. The highest BCUT2D eigenvalue weighted by molar-refractivity contribution is 6.22. The third kappa shape index (κ3) is 6.06. The van der Waals surface area contributed by atoms with E-state index in [0.717, 1.165) is 93.9 Å². The Balaban J connectivity index is 1.15. The van der Waals surface area contributed by atoms with Gasteiger partial charge in [-0.25, -0.2) is 15.0 Å². The maximum absolute atomic E-state index is 9.85. The van der Waals surface area contributed by atoms with Crippen molar-refractivity contribution in [1.82, 2.24) is 24.1 Å². The standard InChI is InChI=1S/C58H36N6/c59-37-38-17-14-24-43(35-38)63-49-29-12-10-25-46(49)54-44(27-15-31-51(54)63)45-28-16-32-52-55(45)47-26-11-13-30-50(47)64(52)53-36-42(39-18-4-1-5-19-39)33-34-48(53)58-61-56(40-20-6-2-7-21-40)60-57(62-58)41-22-8-3-9-23-41/h1-36H. The van der Waals surface area contributed by atoms with Crippen molar-refractivity contribution < 1.29 is 0 Å². The van der Waals surface area contributed by atoms with Crippen molar-refractivity contribution in [1.29, 1.82) is 5.26 Å². The molecule has 0 unspecified atom stereocenters. The molecular weight excluding hydrogens is 781 g/mol. The van der Waals surface area contributed by atoms with Gasteiger partial charge in [0.05, 0.1) is 39.4 Å². The van der Waals surface area contributed by atoms with Gasteiger partial charge in [-0.2, -0.15) is 5.26 Å². The predicted octanol–water partition coefficient (Wildman–Crippen LogP) is 14.3. The third-order valence-electron chi connectivity index (χ3n) is 12.2. The Hall–Kier alpha value is -8.92. The fraction of sp³-hybridized carbons (Fsp3) is 0. The second-order valence-electron chi connectivity index (χ2n) is 15.9. The van der Waals surface area contributed by atoms with Crippen molar-refractivity contribution in [3.8, 4) is 73.9 Å². The van der Waals surface area contributed by atoms with Crippen molar-refractivity contribution in [2.75, 3.05) is 0 Å². The van der Waals surface area contributed by atoms with Crippen LogP contribution in [-0.4, -0.2) is 24.1 Å². The molecule has 0 fully saturated rings. The molecule has 0 bridgehead atoms. The molecule has 0 saturated carbocycles. The molecule has 298 valence electrons. The van der Waals surface area contributed by atoms with Gasteiger partial charge in [0, 0.05) is 43.9 Å². The molecule has 0 N–H and O–H groups in total. The molecule has 0 atom stereocenters. The van der Waals surface area contributed by atoms with Gasteiger partial charge in [0.15, 0.2) is 17.5 Å². The van der Waals surface area contributed by atoms with Gasteiger partial charge in [-0.05, 0) is 76.9 Å². The number of para-hydroxylation sites is 2. The average molecular weight is 817 g/mol. The summed E-state index contributed by atoms with van der Waals surface area (Å²) in [6.07, 6.45) is 0. The molecule has 0 radical (unpaired) electrons. The summed E-state index contributed by atoms with van der Waals surface area (Å²) < 4.78 is 4.67. The van der Waals surface area contributed by atoms with Crippen molar-refractivity contribution in [2.45, 2.75) is 0 Å². The molecule has 12 aromatic rings. The molecule has 3 heterocycles. The predicted molar refractivity (Wildman–Crippen MR) is 260 cm³/mol. The second kappa shape index (κ2) is 15.2. The van der Waals surface area contributed by atoms with Crippen LogP contribution in [0.4, 0.5) is 0 Å². The van der Waals surface area contributed by atoms with E-state index >= 15 is 0 Å². The van der Waals surface area contributed by atoms with Gasteiger partial charge in [-0.1, -0.05) is 164 Å². The summed E-state index contributed by atoms with van der Waals surface area (Å²) in [5.74, 6) is 1.81. The highest BCUT2D eigenvalue weighted by Gasteiger charge is 2.24. The Morgan fingerprint density at radius 1 is 0.344 bits per heavy atom. The van der Waals surface area contributed by atoms with Crippen LogP contribution in [-0.2, 0) is 0 Å². The number of benzene rings is 9.